The molecule has 0 saturated carbocycles. The Labute approximate surface area is 135 Å². The van der Waals surface area contributed by atoms with E-state index in [-0.39, 0.29) is 12.1 Å². The number of aryl methyl sites for hydroxylation is 1. The average Bonchev–Trinajstić information content (AvgIpc) is 2.97. The molecule has 0 saturated heterocycles. The van der Waals surface area contributed by atoms with Gasteiger partial charge in [0.05, 0.1) is 28.8 Å². The quantitative estimate of drug-likeness (QED) is 0.589. The van der Waals surface area contributed by atoms with E-state index in [4.69, 9.17) is 0 Å². The molecule has 0 aliphatic carbocycles. The van der Waals surface area contributed by atoms with Gasteiger partial charge in [0.25, 0.3) is 11.6 Å². The normalized spacial score (nSPS) is 10.8. The minimum absolute atomic E-state index is 0.121. The molecular formula is C16H13FN4O3. The highest BCUT2D eigenvalue weighted by Crippen LogP contribution is 2.16. The third-order valence-electron chi connectivity index (χ3n) is 3.58. The van der Waals surface area contributed by atoms with Crippen LogP contribution in [0.5, 0.6) is 0 Å². The molecule has 1 aromatic carbocycles. The van der Waals surface area contributed by atoms with Crippen LogP contribution in [-0.2, 0) is 6.54 Å². The standard InChI is InChI=1S/C16H13FN4O3/c1-10-3-2-4-15-19-11(9-20(10)15)8-18-16(22)13-6-5-12(21(23)24)7-14(13)17/h2-7,9H,8H2,1H3,(H,18,22). The lowest BCUT2D eigenvalue weighted by atomic mass is 10.2. The molecule has 0 spiro atoms. The van der Waals surface area contributed by atoms with Crippen LogP contribution in [0.1, 0.15) is 21.7 Å². The Morgan fingerprint density at radius 3 is 2.83 bits per heavy atom. The van der Waals surface area contributed by atoms with Gasteiger partial charge in [-0.25, -0.2) is 9.37 Å². The SMILES string of the molecule is Cc1cccc2nc(CNC(=O)c3ccc([N+](=O)[O-])cc3F)cn12. The summed E-state index contributed by atoms with van der Waals surface area (Å²) < 4.78 is 15.7. The van der Waals surface area contributed by atoms with Crippen molar-refractivity contribution in [2.24, 2.45) is 0 Å². The number of imidazole rings is 1. The highest BCUT2D eigenvalue weighted by Gasteiger charge is 2.16. The number of carbonyl (C=O) groups excluding carboxylic acids is 1. The lowest BCUT2D eigenvalue weighted by Crippen LogP contribution is -2.24. The van der Waals surface area contributed by atoms with Gasteiger partial charge in [-0.3, -0.25) is 14.9 Å². The molecule has 2 aromatic heterocycles. The number of pyridine rings is 1. The number of non-ortho nitro benzene ring substituents is 1. The Morgan fingerprint density at radius 1 is 1.38 bits per heavy atom. The first-order valence-electron chi connectivity index (χ1n) is 7.11. The molecule has 1 N–H and O–H groups in total. The van der Waals surface area contributed by atoms with E-state index in [1.54, 1.807) is 6.20 Å². The first kappa shape index (κ1) is 15.6. The van der Waals surface area contributed by atoms with Crippen LogP contribution in [0, 0.1) is 22.9 Å². The van der Waals surface area contributed by atoms with Crippen LogP contribution in [0.3, 0.4) is 0 Å². The predicted molar refractivity (Wildman–Crippen MR) is 84.2 cm³/mol. The number of rotatable bonds is 4. The molecular weight excluding hydrogens is 315 g/mol. The number of amides is 1. The number of hydrogen-bond donors (Lipinski definition) is 1. The fraction of sp³-hybridized carbons (Fsp3) is 0.125. The van der Waals surface area contributed by atoms with Crippen LogP contribution in [-0.4, -0.2) is 20.2 Å². The van der Waals surface area contributed by atoms with Crippen molar-refractivity contribution in [1.29, 1.82) is 0 Å². The molecule has 0 fully saturated rings. The second kappa shape index (κ2) is 6.07. The number of nitro groups is 1. The van der Waals surface area contributed by atoms with E-state index in [0.29, 0.717) is 5.69 Å². The maximum atomic E-state index is 13.8. The fourth-order valence-electron chi connectivity index (χ4n) is 2.35. The van der Waals surface area contributed by atoms with Gasteiger partial charge in [-0.15, -0.1) is 0 Å². The van der Waals surface area contributed by atoms with Crippen molar-refractivity contribution >= 4 is 17.2 Å². The lowest BCUT2D eigenvalue weighted by Gasteiger charge is -2.04. The first-order chi connectivity index (χ1) is 11.5. The third kappa shape index (κ3) is 2.94. The van der Waals surface area contributed by atoms with Crippen molar-refractivity contribution in [2.45, 2.75) is 13.5 Å². The van der Waals surface area contributed by atoms with E-state index in [2.05, 4.69) is 10.3 Å². The van der Waals surface area contributed by atoms with E-state index < -0.39 is 22.3 Å². The van der Waals surface area contributed by atoms with Gasteiger partial charge in [-0.2, -0.15) is 0 Å². The van der Waals surface area contributed by atoms with Crippen molar-refractivity contribution < 1.29 is 14.1 Å². The number of nitro benzene ring substituents is 1. The summed E-state index contributed by atoms with van der Waals surface area (Å²) in [4.78, 5) is 26.3. The van der Waals surface area contributed by atoms with Crippen LogP contribution < -0.4 is 5.32 Å². The summed E-state index contributed by atoms with van der Waals surface area (Å²) in [5.74, 6) is -1.59. The summed E-state index contributed by atoms with van der Waals surface area (Å²) >= 11 is 0. The van der Waals surface area contributed by atoms with E-state index in [0.717, 1.165) is 29.5 Å². The number of carbonyl (C=O) groups is 1. The van der Waals surface area contributed by atoms with Gasteiger partial charge < -0.3 is 9.72 Å². The van der Waals surface area contributed by atoms with E-state index >= 15 is 0 Å². The molecule has 8 heteroatoms. The van der Waals surface area contributed by atoms with Gasteiger partial charge in [-0.05, 0) is 25.1 Å². The number of halogens is 1. The molecule has 0 radical (unpaired) electrons. The van der Waals surface area contributed by atoms with E-state index in [1.165, 1.54) is 0 Å². The zero-order valence-corrected chi connectivity index (χ0v) is 12.7. The Morgan fingerprint density at radius 2 is 2.17 bits per heavy atom. The second-order valence-electron chi connectivity index (χ2n) is 5.23. The largest absolute Gasteiger partial charge is 0.346 e. The molecule has 7 nitrogen and oxygen atoms in total. The Hall–Kier alpha value is -3.29. The summed E-state index contributed by atoms with van der Waals surface area (Å²) in [7, 11) is 0. The molecule has 24 heavy (non-hydrogen) atoms. The number of fused-ring (bicyclic) bond motifs is 1. The molecule has 122 valence electrons. The average molecular weight is 328 g/mol. The first-order valence-corrected chi connectivity index (χ1v) is 7.11. The zero-order chi connectivity index (χ0) is 17.3. The van der Waals surface area contributed by atoms with Gasteiger partial charge in [0.2, 0.25) is 0 Å². The zero-order valence-electron chi connectivity index (χ0n) is 12.7. The number of nitrogens with one attached hydrogen (secondary N) is 1. The van der Waals surface area contributed by atoms with Crippen molar-refractivity contribution in [2.75, 3.05) is 0 Å². The summed E-state index contributed by atoms with van der Waals surface area (Å²) in [6.45, 7) is 2.06. The number of nitrogens with zero attached hydrogens (tertiary/aromatic N) is 3. The third-order valence-corrected chi connectivity index (χ3v) is 3.58. The van der Waals surface area contributed by atoms with Gasteiger partial charge in [-0.1, -0.05) is 6.07 Å². The van der Waals surface area contributed by atoms with Crippen molar-refractivity contribution in [3.63, 3.8) is 0 Å². The highest BCUT2D eigenvalue weighted by molar-refractivity contribution is 5.94. The second-order valence-corrected chi connectivity index (χ2v) is 5.23. The molecule has 0 atom stereocenters. The Kier molecular flexibility index (Phi) is 3.95. The highest BCUT2D eigenvalue weighted by atomic mass is 19.1. The van der Waals surface area contributed by atoms with E-state index in [1.807, 2.05) is 29.5 Å². The Bertz CT molecular complexity index is 952. The molecule has 0 bridgehead atoms. The Balaban J connectivity index is 1.75. The van der Waals surface area contributed by atoms with Crippen molar-refractivity contribution in [1.82, 2.24) is 14.7 Å². The van der Waals surface area contributed by atoms with Gasteiger partial charge >= 0.3 is 0 Å². The van der Waals surface area contributed by atoms with Crippen LogP contribution in [0.4, 0.5) is 10.1 Å². The minimum atomic E-state index is -0.937. The molecule has 3 aromatic rings. The number of hydrogen-bond acceptors (Lipinski definition) is 4. The summed E-state index contributed by atoms with van der Waals surface area (Å²) in [6, 6.07) is 8.57. The van der Waals surface area contributed by atoms with Crippen LogP contribution in [0.2, 0.25) is 0 Å². The molecule has 0 aliphatic heterocycles. The van der Waals surface area contributed by atoms with Gasteiger partial charge in [0.1, 0.15) is 11.5 Å². The topological polar surface area (TPSA) is 89.5 Å². The summed E-state index contributed by atoms with van der Waals surface area (Å²) in [5.41, 5.74) is 1.72. The maximum Gasteiger partial charge on any atom is 0.272 e. The minimum Gasteiger partial charge on any atom is -0.346 e. The molecule has 1 amide bonds. The van der Waals surface area contributed by atoms with Crippen LogP contribution in [0.25, 0.3) is 5.65 Å². The lowest BCUT2D eigenvalue weighted by molar-refractivity contribution is -0.385. The van der Waals surface area contributed by atoms with Crippen LogP contribution in [0.15, 0.2) is 42.6 Å². The maximum absolute atomic E-state index is 13.8. The summed E-state index contributed by atoms with van der Waals surface area (Å²) in [5, 5.41) is 13.1. The molecule has 0 aliphatic rings. The van der Waals surface area contributed by atoms with Gasteiger partial charge in [0.15, 0.2) is 0 Å². The smallest absolute Gasteiger partial charge is 0.272 e. The summed E-state index contributed by atoms with van der Waals surface area (Å²) in [6.07, 6.45) is 1.79. The number of aromatic nitrogens is 2. The van der Waals surface area contributed by atoms with Crippen molar-refractivity contribution in [3.05, 3.63) is 75.5 Å². The fourth-order valence-corrected chi connectivity index (χ4v) is 2.35. The molecule has 3 rings (SSSR count). The van der Waals surface area contributed by atoms with Crippen molar-refractivity contribution in [3.8, 4) is 0 Å². The monoisotopic (exact) mass is 328 g/mol. The molecule has 0 unspecified atom stereocenters. The van der Waals surface area contributed by atoms with Gasteiger partial charge in [0, 0.05) is 18.0 Å². The number of benzene rings is 1. The van der Waals surface area contributed by atoms with Crippen LogP contribution >= 0.6 is 0 Å². The van der Waals surface area contributed by atoms with E-state index in [9.17, 15) is 19.3 Å². The molecule has 2 heterocycles. The predicted octanol–water partition coefficient (Wildman–Crippen LogP) is 2.62.